The molecule has 0 saturated carbocycles. The van der Waals surface area contributed by atoms with Crippen LogP contribution in [0.2, 0.25) is 0 Å². The maximum absolute atomic E-state index is 12.4. The van der Waals surface area contributed by atoms with Crippen molar-refractivity contribution in [3.8, 4) is 12.3 Å². The molecular formula is C13H22N2O. The molecule has 0 aromatic heterocycles. The Labute approximate surface area is 98.6 Å². The molecule has 1 saturated heterocycles. The lowest BCUT2D eigenvalue weighted by Crippen LogP contribution is -2.48. The van der Waals surface area contributed by atoms with Crippen LogP contribution in [-0.4, -0.2) is 37.0 Å². The van der Waals surface area contributed by atoms with E-state index in [-0.39, 0.29) is 11.3 Å². The van der Waals surface area contributed by atoms with Gasteiger partial charge in [0.1, 0.15) is 0 Å². The smallest absolute Gasteiger partial charge is 0.229 e. The molecule has 3 heteroatoms. The van der Waals surface area contributed by atoms with E-state index in [4.69, 9.17) is 6.42 Å². The highest BCUT2D eigenvalue weighted by Gasteiger charge is 2.37. The van der Waals surface area contributed by atoms with E-state index in [1.807, 2.05) is 4.90 Å². The molecule has 0 unspecified atom stereocenters. The standard InChI is InChI=1S/C13H22N2O/c1-4-10-15(11-5-2)12(16)13(3)6-8-14-9-7-13/h1,14H,5-11H2,2-3H3. The number of amides is 1. The van der Waals surface area contributed by atoms with Crippen molar-refractivity contribution in [3.05, 3.63) is 0 Å². The lowest BCUT2D eigenvalue weighted by molar-refractivity contribution is -0.142. The maximum Gasteiger partial charge on any atom is 0.229 e. The summed E-state index contributed by atoms with van der Waals surface area (Å²) in [5.74, 6) is 2.81. The second-order valence-corrected chi connectivity index (χ2v) is 4.74. The Morgan fingerprint density at radius 2 is 2.12 bits per heavy atom. The zero-order valence-corrected chi connectivity index (χ0v) is 10.4. The minimum atomic E-state index is -0.211. The van der Waals surface area contributed by atoms with Crippen molar-refractivity contribution in [2.24, 2.45) is 5.41 Å². The van der Waals surface area contributed by atoms with Crippen molar-refractivity contribution >= 4 is 5.91 Å². The number of rotatable bonds is 4. The van der Waals surface area contributed by atoms with Crippen LogP contribution in [0, 0.1) is 17.8 Å². The summed E-state index contributed by atoms with van der Waals surface area (Å²) in [6, 6.07) is 0. The third-order valence-corrected chi connectivity index (χ3v) is 3.29. The summed E-state index contributed by atoms with van der Waals surface area (Å²) in [7, 11) is 0. The Hall–Kier alpha value is -1.01. The summed E-state index contributed by atoms with van der Waals surface area (Å²) in [6.07, 6.45) is 8.10. The van der Waals surface area contributed by atoms with Crippen LogP contribution in [0.15, 0.2) is 0 Å². The summed E-state index contributed by atoms with van der Waals surface area (Å²) in [5, 5.41) is 3.29. The van der Waals surface area contributed by atoms with Gasteiger partial charge in [-0.1, -0.05) is 19.8 Å². The van der Waals surface area contributed by atoms with E-state index >= 15 is 0 Å². The summed E-state index contributed by atoms with van der Waals surface area (Å²) >= 11 is 0. The van der Waals surface area contributed by atoms with Crippen molar-refractivity contribution < 1.29 is 4.79 Å². The first-order valence-electron chi connectivity index (χ1n) is 6.07. The van der Waals surface area contributed by atoms with E-state index in [0.29, 0.717) is 6.54 Å². The summed E-state index contributed by atoms with van der Waals surface area (Å²) < 4.78 is 0. The molecule has 0 aliphatic carbocycles. The van der Waals surface area contributed by atoms with Gasteiger partial charge in [-0.05, 0) is 32.4 Å². The van der Waals surface area contributed by atoms with Crippen LogP contribution in [0.1, 0.15) is 33.1 Å². The zero-order valence-electron chi connectivity index (χ0n) is 10.4. The third kappa shape index (κ3) is 2.99. The Bertz CT molecular complexity index is 274. The average Bonchev–Trinajstić information content (AvgIpc) is 2.29. The van der Waals surface area contributed by atoms with Crippen LogP contribution in [-0.2, 0) is 4.79 Å². The Morgan fingerprint density at radius 3 is 2.62 bits per heavy atom. The number of hydrogen-bond donors (Lipinski definition) is 1. The van der Waals surface area contributed by atoms with Gasteiger partial charge in [-0.15, -0.1) is 6.42 Å². The van der Waals surface area contributed by atoms with Crippen molar-refractivity contribution in [1.82, 2.24) is 10.2 Å². The van der Waals surface area contributed by atoms with E-state index in [1.165, 1.54) is 0 Å². The molecule has 1 amide bonds. The van der Waals surface area contributed by atoms with Gasteiger partial charge in [-0.3, -0.25) is 4.79 Å². The highest BCUT2D eigenvalue weighted by Crippen LogP contribution is 2.30. The number of carbonyl (C=O) groups is 1. The van der Waals surface area contributed by atoms with Gasteiger partial charge in [0.05, 0.1) is 6.54 Å². The van der Waals surface area contributed by atoms with Crippen molar-refractivity contribution in [3.63, 3.8) is 0 Å². The number of nitrogens with one attached hydrogen (secondary N) is 1. The Balaban J connectivity index is 2.68. The predicted octanol–water partition coefficient (Wildman–Crippen LogP) is 1.25. The van der Waals surface area contributed by atoms with Crippen LogP contribution < -0.4 is 5.32 Å². The fourth-order valence-corrected chi connectivity index (χ4v) is 2.21. The second kappa shape index (κ2) is 5.91. The second-order valence-electron chi connectivity index (χ2n) is 4.74. The molecule has 1 aliphatic heterocycles. The summed E-state index contributed by atoms with van der Waals surface area (Å²) in [5.41, 5.74) is -0.211. The Morgan fingerprint density at radius 1 is 1.50 bits per heavy atom. The molecule has 1 rings (SSSR count). The monoisotopic (exact) mass is 222 g/mol. The predicted molar refractivity (Wildman–Crippen MR) is 65.9 cm³/mol. The molecule has 1 N–H and O–H groups in total. The van der Waals surface area contributed by atoms with E-state index in [9.17, 15) is 4.79 Å². The SMILES string of the molecule is C#CCN(CCC)C(=O)C1(C)CCNCC1. The molecule has 0 aromatic carbocycles. The first kappa shape index (κ1) is 13.1. The van der Waals surface area contributed by atoms with Crippen LogP contribution in [0.25, 0.3) is 0 Å². The van der Waals surface area contributed by atoms with E-state index in [1.54, 1.807) is 0 Å². The highest BCUT2D eigenvalue weighted by molar-refractivity contribution is 5.82. The van der Waals surface area contributed by atoms with Crippen LogP contribution >= 0.6 is 0 Å². The normalized spacial score (nSPS) is 18.8. The number of hydrogen-bond acceptors (Lipinski definition) is 2. The molecule has 16 heavy (non-hydrogen) atoms. The van der Waals surface area contributed by atoms with Crippen molar-refractivity contribution in [2.75, 3.05) is 26.2 Å². The molecule has 0 radical (unpaired) electrons. The van der Waals surface area contributed by atoms with Crippen molar-refractivity contribution in [1.29, 1.82) is 0 Å². The van der Waals surface area contributed by atoms with Gasteiger partial charge in [-0.2, -0.15) is 0 Å². The van der Waals surface area contributed by atoms with Gasteiger partial charge in [0.2, 0.25) is 5.91 Å². The van der Waals surface area contributed by atoms with Gasteiger partial charge < -0.3 is 10.2 Å². The average molecular weight is 222 g/mol. The number of nitrogens with zero attached hydrogens (tertiary/aromatic N) is 1. The lowest BCUT2D eigenvalue weighted by Gasteiger charge is -2.36. The maximum atomic E-state index is 12.4. The zero-order chi connectivity index (χ0) is 12.0. The molecule has 1 fully saturated rings. The molecule has 1 heterocycles. The fourth-order valence-electron chi connectivity index (χ4n) is 2.21. The van der Waals surface area contributed by atoms with E-state index in [2.05, 4.69) is 25.1 Å². The summed E-state index contributed by atoms with van der Waals surface area (Å²) in [4.78, 5) is 14.2. The van der Waals surface area contributed by atoms with Gasteiger partial charge in [-0.25, -0.2) is 0 Å². The van der Waals surface area contributed by atoms with Crippen LogP contribution in [0.4, 0.5) is 0 Å². The molecule has 1 aliphatic rings. The van der Waals surface area contributed by atoms with Crippen molar-refractivity contribution in [2.45, 2.75) is 33.1 Å². The summed E-state index contributed by atoms with van der Waals surface area (Å²) in [6.45, 7) is 7.20. The number of terminal acetylenes is 1. The van der Waals surface area contributed by atoms with Gasteiger partial charge >= 0.3 is 0 Å². The molecule has 0 bridgehead atoms. The molecule has 3 nitrogen and oxygen atoms in total. The van der Waals surface area contributed by atoms with Gasteiger partial charge in [0.15, 0.2) is 0 Å². The first-order valence-corrected chi connectivity index (χ1v) is 6.07. The van der Waals surface area contributed by atoms with Gasteiger partial charge in [0, 0.05) is 12.0 Å². The van der Waals surface area contributed by atoms with E-state index in [0.717, 1.165) is 38.9 Å². The lowest BCUT2D eigenvalue weighted by atomic mass is 9.79. The van der Waals surface area contributed by atoms with Crippen LogP contribution in [0.5, 0.6) is 0 Å². The van der Waals surface area contributed by atoms with E-state index < -0.39 is 0 Å². The third-order valence-electron chi connectivity index (χ3n) is 3.29. The topological polar surface area (TPSA) is 32.3 Å². The highest BCUT2D eigenvalue weighted by atomic mass is 16.2. The molecule has 0 spiro atoms. The Kier molecular flexibility index (Phi) is 4.82. The quantitative estimate of drug-likeness (QED) is 0.726. The fraction of sp³-hybridized carbons (Fsp3) is 0.769. The van der Waals surface area contributed by atoms with Crippen LogP contribution in [0.3, 0.4) is 0 Å². The minimum Gasteiger partial charge on any atom is -0.331 e. The number of piperidine rings is 1. The molecular weight excluding hydrogens is 200 g/mol. The number of carbonyl (C=O) groups excluding carboxylic acids is 1. The largest absolute Gasteiger partial charge is 0.331 e. The van der Waals surface area contributed by atoms with Gasteiger partial charge in [0.25, 0.3) is 0 Å². The molecule has 0 aromatic rings. The minimum absolute atomic E-state index is 0.211. The molecule has 0 atom stereocenters. The molecule has 90 valence electrons. The first-order chi connectivity index (χ1) is 7.64.